The van der Waals surface area contributed by atoms with E-state index in [1.54, 1.807) is 7.05 Å². The van der Waals surface area contributed by atoms with Crippen LogP contribution in [0, 0.1) is 0 Å². The number of likely N-dealkylation sites (N-methyl/N-ethyl adjacent to an activating group) is 1. The molecule has 0 aliphatic heterocycles. The van der Waals surface area contributed by atoms with Crippen molar-refractivity contribution in [1.82, 2.24) is 10.6 Å². The summed E-state index contributed by atoms with van der Waals surface area (Å²) in [5, 5.41) is 5.58. The first-order valence-electron chi connectivity index (χ1n) is 6.13. The Morgan fingerprint density at radius 2 is 2.11 bits per heavy atom. The largest absolute Gasteiger partial charge is 0.397 e. The molecule has 0 aliphatic rings. The highest BCUT2D eigenvalue weighted by atomic mass is 16.1. The SMILES string of the molecule is C=C(N)C[N+](=CCNC(=O)CNC)c1ccccc1. The molecule has 4 N–H and O–H groups in total. The quantitative estimate of drug-likeness (QED) is 0.485. The van der Waals surface area contributed by atoms with Crippen molar-refractivity contribution >= 4 is 17.8 Å². The van der Waals surface area contributed by atoms with Gasteiger partial charge in [0, 0.05) is 12.1 Å². The van der Waals surface area contributed by atoms with Crippen LogP contribution in [0.5, 0.6) is 0 Å². The summed E-state index contributed by atoms with van der Waals surface area (Å²) in [6, 6.07) is 9.82. The van der Waals surface area contributed by atoms with Crippen LogP contribution in [0.25, 0.3) is 0 Å². The van der Waals surface area contributed by atoms with Crippen LogP contribution in [0.4, 0.5) is 5.69 Å². The van der Waals surface area contributed by atoms with Gasteiger partial charge in [0.15, 0.2) is 12.8 Å². The molecule has 0 saturated carbocycles. The number of nitrogens with two attached hydrogens (primary N) is 1. The molecule has 5 nitrogen and oxygen atoms in total. The van der Waals surface area contributed by atoms with Crippen LogP contribution in [0.1, 0.15) is 0 Å². The normalized spacial score (nSPS) is 11.1. The summed E-state index contributed by atoms with van der Waals surface area (Å²) in [4.78, 5) is 11.3. The molecule has 0 aromatic heterocycles. The molecule has 102 valence electrons. The van der Waals surface area contributed by atoms with Gasteiger partial charge in [0.05, 0.1) is 18.8 Å². The summed E-state index contributed by atoms with van der Waals surface area (Å²) in [6.45, 7) is 4.99. The van der Waals surface area contributed by atoms with Gasteiger partial charge in [-0.1, -0.05) is 24.8 Å². The molecule has 1 aromatic carbocycles. The van der Waals surface area contributed by atoms with Gasteiger partial charge in [-0.15, -0.1) is 0 Å². The molecule has 0 heterocycles. The molecule has 0 bridgehead atoms. The van der Waals surface area contributed by atoms with E-state index in [1.165, 1.54) is 0 Å². The molecule has 0 spiro atoms. The molecule has 0 radical (unpaired) electrons. The molecule has 5 heteroatoms. The maximum absolute atomic E-state index is 11.3. The van der Waals surface area contributed by atoms with Gasteiger partial charge in [-0.05, 0) is 7.05 Å². The van der Waals surface area contributed by atoms with E-state index in [0.717, 1.165) is 5.69 Å². The second-order valence-corrected chi connectivity index (χ2v) is 4.14. The fourth-order valence-electron chi connectivity index (χ4n) is 1.59. The molecular formula is C14H21N4O+. The Bertz CT molecular complexity index is 454. The molecule has 1 aromatic rings. The molecule has 0 aliphatic carbocycles. The van der Waals surface area contributed by atoms with Crippen molar-refractivity contribution in [2.45, 2.75) is 0 Å². The van der Waals surface area contributed by atoms with E-state index >= 15 is 0 Å². The molecule has 1 rings (SSSR count). The Morgan fingerprint density at radius 3 is 2.68 bits per heavy atom. The average molecular weight is 261 g/mol. The number of hydrogen-bond donors (Lipinski definition) is 3. The highest BCUT2D eigenvalue weighted by Gasteiger charge is 2.08. The van der Waals surface area contributed by atoms with Gasteiger partial charge in [0.1, 0.15) is 0 Å². The van der Waals surface area contributed by atoms with E-state index in [9.17, 15) is 4.79 Å². The number of carbonyl (C=O) groups is 1. The Labute approximate surface area is 113 Å². The van der Waals surface area contributed by atoms with Crippen molar-refractivity contribution in [2.75, 3.05) is 26.7 Å². The van der Waals surface area contributed by atoms with Crippen LogP contribution in [0.3, 0.4) is 0 Å². The first-order valence-corrected chi connectivity index (χ1v) is 6.13. The smallest absolute Gasteiger partial charge is 0.234 e. The standard InChI is InChI=1S/C14H20N4O/c1-12(15)11-18(13-6-4-3-5-7-13)9-8-17-14(19)10-16-2/h3-7,9,16H,1,8,10-11,15H2,2H3/p+1. The number of amides is 1. The summed E-state index contributed by atoms with van der Waals surface area (Å²) < 4.78 is 1.96. The van der Waals surface area contributed by atoms with Crippen LogP contribution >= 0.6 is 0 Å². The van der Waals surface area contributed by atoms with E-state index in [0.29, 0.717) is 25.3 Å². The van der Waals surface area contributed by atoms with Crippen LogP contribution in [0.2, 0.25) is 0 Å². The summed E-state index contributed by atoms with van der Waals surface area (Å²) in [5.41, 5.74) is 7.24. The Morgan fingerprint density at radius 1 is 1.42 bits per heavy atom. The van der Waals surface area contributed by atoms with Crippen LogP contribution < -0.4 is 16.4 Å². The highest BCUT2D eigenvalue weighted by molar-refractivity contribution is 5.80. The number of nitrogens with zero attached hydrogens (tertiary/aromatic N) is 1. The number of nitrogens with one attached hydrogen (secondary N) is 2. The fraction of sp³-hybridized carbons (Fsp3) is 0.286. The predicted octanol–water partition coefficient (Wildman–Crippen LogP) is 0.209. The van der Waals surface area contributed by atoms with Crippen molar-refractivity contribution in [3.8, 4) is 0 Å². The number of hydrogen-bond acceptors (Lipinski definition) is 3. The van der Waals surface area contributed by atoms with Gasteiger partial charge in [0.2, 0.25) is 11.6 Å². The third kappa shape index (κ3) is 5.83. The summed E-state index contributed by atoms with van der Waals surface area (Å²) in [5.74, 6) is -0.0432. The van der Waals surface area contributed by atoms with Crippen LogP contribution in [-0.2, 0) is 4.79 Å². The fourth-order valence-corrected chi connectivity index (χ4v) is 1.59. The minimum Gasteiger partial charge on any atom is -0.397 e. The molecule has 19 heavy (non-hydrogen) atoms. The van der Waals surface area contributed by atoms with Crippen LogP contribution in [0.15, 0.2) is 42.6 Å². The lowest BCUT2D eigenvalue weighted by atomic mass is 10.3. The number of rotatable bonds is 7. The van der Waals surface area contributed by atoms with Gasteiger partial charge in [0.25, 0.3) is 0 Å². The molecule has 0 saturated heterocycles. The first kappa shape index (κ1) is 14.9. The number of benzene rings is 1. The lowest BCUT2D eigenvalue weighted by molar-refractivity contribution is -0.426. The highest BCUT2D eigenvalue weighted by Crippen LogP contribution is 2.09. The predicted molar refractivity (Wildman–Crippen MR) is 77.6 cm³/mol. The zero-order valence-electron chi connectivity index (χ0n) is 11.2. The lowest BCUT2D eigenvalue weighted by Gasteiger charge is -2.04. The van der Waals surface area contributed by atoms with E-state index in [-0.39, 0.29) is 5.91 Å². The van der Waals surface area contributed by atoms with E-state index in [2.05, 4.69) is 17.2 Å². The average Bonchev–Trinajstić information content (AvgIpc) is 2.38. The number of carbonyl (C=O) groups excluding carboxylic acids is 1. The Balaban J connectivity index is 2.69. The van der Waals surface area contributed by atoms with Gasteiger partial charge < -0.3 is 16.4 Å². The second kappa shape index (κ2) is 8.05. The zero-order valence-corrected chi connectivity index (χ0v) is 11.2. The minimum atomic E-state index is -0.0432. The topological polar surface area (TPSA) is 70.2 Å². The molecular weight excluding hydrogens is 240 g/mol. The maximum Gasteiger partial charge on any atom is 0.234 e. The Kier molecular flexibility index (Phi) is 6.32. The Hall–Kier alpha value is -2.14. The van der Waals surface area contributed by atoms with Crippen molar-refractivity contribution in [3.05, 3.63) is 42.6 Å². The van der Waals surface area contributed by atoms with Crippen LogP contribution in [-0.4, -0.2) is 43.4 Å². The maximum atomic E-state index is 11.3. The molecule has 0 unspecified atom stereocenters. The zero-order chi connectivity index (χ0) is 14.1. The molecule has 0 fully saturated rings. The molecule has 1 amide bonds. The molecule has 0 atom stereocenters. The monoisotopic (exact) mass is 261 g/mol. The summed E-state index contributed by atoms with van der Waals surface area (Å²) in [6.07, 6.45) is 1.89. The third-order valence-electron chi connectivity index (χ3n) is 2.41. The van der Waals surface area contributed by atoms with Gasteiger partial charge in [-0.3, -0.25) is 4.79 Å². The van der Waals surface area contributed by atoms with Crippen molar-refractivity contribution < 1.29 is 9.37 Å². The van der Waals surface area contributed by atoms with E-state index in [4.69, 9.17) is 5.73 Å². The number of para-hydroxylation sites is 1. The minimum absolute atomic E-state index is 0.0432. The van der Waals surface area contributed by atoms with Gasteiger partial charge >= 0.3 is 0 Å². The second-order valence-electron chi connectivity index (χ2n) is 4.14. The van der Waals surface area contributed by atoms with Crippen molar-refractivity contribution in [3.63, 3.8) is 0 Å². The van der Waals surface area contributed by atoms with Gasteiger partial charge in [-0.25, -0.2) is 0 Å². The lowest BCUT2D eigenvalue weighted by Crippen LogP contribution is -2.34. The third-order valence-corrected chi connectivity index (χ3v) is 2.41. The van der Waals surface area contributed by atoms with E-state index < -0.39 is 0 Å². The van der Waals surface area contributed by atoms with Crippen molar-refractivity contribution in [2.24, 2.45) is 5.73 Å². The van der Waals surface area contributed by atoms with Crippen molar-refractivity contribution in [1.29, 1.82) is 0 Å². The first-order chi connectivity index (χ1) is 9.13. The summed E-state index contributed by atoms with van der Waals surface area (Å²) >= 11 is 0. The summed E-state index contributed by atoms with van der Waals surface area (Å²) in [7, 11) is 1.73. The van der Waals surface area contributed by atoms with Gasteiger partial charge in [-0.2, -0.15) is 4.58 Å². The van der Waals surface area contributed by atoms with E-state index in [1.807, 2.05) is 41.1 Å².